The fraction of sp³-hybridized carbons (Fsp3) is 0.263. The van der Waals surface area contributed by atoms with Gasteiger partial charge in [-0.25, -0.2) is 4.98 Å². The number of hydrogen-bond acceptors (Lipinski definition) is 3. The van der Waals surface area contributed by atoms with Crippen molar-refractivity contribution in [3.8, 4) is 11.4 Å². The van der Waals surface area contributed by atoms with Gasteiger partial charge in [-0.15, -0.1) is 0 Å². The van der Waals surface area contributed by atoms with Gasteiger partial charge in [-0.05, 0) is 43.0 Å². The lowest BCUT2D eigenvalue weighted by molar-refractivity contribution is 0.100. The van der Waals surface area contributed by atoms with E-state index < -0.39 is 5.91 Å². The lowest BCUT2D eigenvalue weighted by atomic mass is 9.91. The van der Waals surface area contributed by atoms with Crippen LogP contribution in [0.15, 0.2) is 36.4 Å². The van der Waals surface area contributed by atoms with Gasteiger partial charge >= 0.3 is 0 Å². The van der Waals surface area contributed by atoms with E-state index in [1.165, 1.54) is 18.4 Å². The third-order valence-corrected chi connectivity index (χ3v) is 4.99. The number of nitrogens with two attached hydrogens (primary N) is 1. The number of nitrogens with one attached hydrogen (secondary N) is 2. The van der Waals surface area contributed by atoms with Gasteiger partial charge < -0.3 is 16.0 Å². The Kier molecular flexibility index (Phi) is 4.19. The van der Waals surface area contributed by atoms with Crippen LogP contribution in [0.25, 0.3) is 22.4 Å². The van der Waals surface area contributed by atoms with E-state index in [9.17, 15) is 4.79 Å². The van der Waals surface area contributed by atoms with Crippen LogP contribution in [0.5, 0.6) is 0 Å². The third-order valence-electron chi connectivity index (χ3n) is 4.77. The first-order valence-electron chi connectivity index (χ1n) is 8.42. The molecule has 0 bridgehead atoms. The molecule has 1 atom stereocenters. The minimum absolute atomic E-state index is 0.329. The van der Waals surface area contributed by atoms with E-state index >= 15 is 0 Å². The SMILES string of the molecule is NC(=O)c1cc(Cl)cc2[nH]c(-c3ccc(C4CCCNC4)cc3)nc12. The molecule has 0 aliphatic carbocycles. The Morgan fingerprint density at radius 1 is 1.24 bits per heavy atom. The molecule has 4 rings (SSSR count). The molecule has 6 heteroatoms. The van der Waals surface area contributed by atoms with Gasteiger partial charge in [0.15, 0.2) is 0 Å². The maximum Gasteiger partial charge on any atom is 0.251 e. The van der Waals surface area contributed by atoms with Crippen LogP contribution < -0.4 is 11.1 Å². The molecule has 1 amide bonds. The highest BCUT2D eigenvalue weighted by molar-refractivity contribution is 6.32. The highest BCUT2D eigenvalue weighted by Crippen LogP contribution is 2.28. The summed E-state index contributed by atoms with van der Waals surface area (Å²) < 4.78 is 0. The summed E-state index contributed by atoms with van der Waals surface area (Å²) in [4.78, 5) is 19.4. The number of amides is 1. The molecule has 25 heavy (non-hydrogen) atoms. The number of carbonyl (C=O) groups excluding carboxylic acids is 1. The summed E-state index contributed by atoms with van der Waals surface area (Å²) in [5.74, 6) is 0.734. The summed E-state index contributed by atoms with van der Waals surface area (Å²) in [5, 5.41) is 3.90. The lowest BCUT2D eigenvalue weighted by Crippen LogP contribution is -2.28. The number of carbonyl (C=O) groups is 1. The van der Waals surface area contributed by atoms with Crippen LogP contribution in [0.3, 0.4) is 0 Å². The number of benzene rings is 2. The van der Waals surface area contributed by atoms with Crippen molar-refractivity contribution >= 4 is 28.5 Å². The van der Waals surface area contributed by atoms with E-state index in [4.69, 9.17) is 17.3 Å². The maximum atomic E-state index is 11.6. The molecule has 2 heterocycles. The average molecular weight is 355 g/mol. The van der Waals surface area contributed by atoms with E-state index in [0.717, 1.165) is 18.7 Å². The second kappa shape index (κ2) is 6.50. The van der Waals surface area contributed by atoms with Crippen LogP contribution in [-0.4, -0.2) is 29.0 Å². The molecule has 0 radical (unpaired) electrons. The monoisotopic (exact) mass is 354 g/mol. The number of primary amides is 1. The van der Waals surface area contributed by atoms with E-state index in [1.807, 2.05) is 0 Å². The van der Waals surface area contributed by atoms with Gasteiger partial charge in [-0.3, -0.25) is 4.79 Å². The summed E-state index contributed by atoms with van der Waals surface area (Å²) in [5.41, 5.74) is 9.33. The second-order valence-electron chi connectivity index (χ2n) is 6.46. The molecular formula is C19H19ClN4O. The minimum atomic E-state index is -0.536. The Bertz CT molecular complexity index is 926. The Morgan fingerprint density at radius 3 is 2.72 bits per heavy atom. The van der Waals surface area contributed by atoms with E-state index in [-0.39, 0.29) is 0 Å². The quantitative estimate of drug-likeness (QED) is 0.673. The van der Waals surface area contributed by atoms with Crippen LogP contribution in [0.1, 0.15) is 34.7 Å². The molecule has 1 unspecified atom stereocenters. The van der Waals surface area contributed by atoms with Crippen molar-refractivity contribution in [3.63, 3.8) is 0 Å². The number of aromatic amines is 1. The van der Waals surface area contributed by atoms with Crippen LogP contribution >= 0.6 is 11.6 Å². The highest BCUT2D eigenvalue weighted by atomic mass is 35.5. The zero-order chi connectivity index (χ0) is 17.4. The van der Waals surface area contributed by atoms with Crippen LogP contribution in [-0.2, 0) is 0 Å². The number of nitrogens with zero attached hydrogens (tertiary/aromatic N) is 1. The number of halogens is 1. The Hall–Kier alpha value is -2.37. The van der Waals surface area contributed by atoms with Gasteiger partial charge in [-0.1, -0.05) is 35.9 Å². The maximum absolute atomic E-state index is 11.6. The molecule has 4 N–H and O–H groups in total. The molecule has 3 aromatic rings. The van der Waals surface area contributed by atoms with Crippen molar-refractivity contribution in [3.05, 3.63) is 52.5 Å². The highest BCUT2D eigenvalue weighted by Gasteiger charge is 2.16. The molecule has 128 valence electrons. The number of rotatable bonds is 3. The second-order valence-corrected chi connectivity index (χ2v) is 6.90. The molecule has 1 fully saturated rings. The van der Waals surface area contributed by atoms with Gasteiger partial charge in [0.05, 0.1) is 11.1 Å². The van der Waals surface area contributed by atoms with Gasteiger partial charge in [-0.2, -0.15) is 0 Å². The first-order valence-corrected chi connectivity index (χ1v) is 8.80. The first-order chi connectivity index (χ1) is 12.1. The summed E-state index contributed by atoms with van der Waals surface area (Å²) in [7, 11) is 0. The first kappa shape index (κ1) is 16.1. The Balaban J connectivity index is 1.69. The number of hydrogen-bond donors (Lipinski definition) is 3. The number of imidazole rings is 1. The Morgan fingerprint density at radius 2 is 2.04 bits per heavy atom. The van der Waals surface area contributed by atoms with Crippen LogP contribution in [0, 0.1) is 0 Å². The molecule has 1 aliphatic heterocycles. The molecule has 1 aliphatic rings. The van der Waals surface area contributed by atoms with E-state index in [2.05, 4.69) is 39.6 Å². The number of aromatic nitrogens is 2. The molecular weight excluding hydrogens is 336 g/mol. The summed E-state index contributed by atoms with van der Waals surface area (Å²) in [6, 6.07) is 11.7. The van der Waals surface area contributed by atoms with Gasteiger partial charge in [0.1, 0.15) is 11.3 Å². The largest absolute Gasteiger partial charge is 0.366 e. The lowest BCUT2D eigenvalue weighted by Gasteiger charge is -2.23. The summed E-state index contributed by atoms with van der Waals surface area (Å²) in [6.07, 6.45) is 2.43. The molecule has 0 spiro atoms. The van der Waals surface area contributed by atoms with Gasteiger partial charge in [0.2, 0.25) is 0 Å². The fourth-order valence-electron chi connectivity index (χ4n) is 3.46. The molecule has 5 nitrogen and oxygen atoms in total. The van der Waals surface area contributed by atoms with Crippen molar-refractivity contribution < 1.29 is 4.79 Å². The van der Waals surface area contributed by atoms with E-state index in [1.54, 1.807) is 12.1 Å². The smallest absolute Gasteiger partial charge is 0.251 e. The topological polar surface area (TPSA) is 83.8 Å². The molecule has 2 aromatic carbocycles. The normalized spacial score (nSPS) is 17.7. The molecule has 1 aromatic heterocycles. The van der Waals surface area contributed by atoms with Crippen molar-refractivity contribution in [2.24, 2.45) is 5.73 Å². The van der Waals surface area contributed by atoms with Crippen LogP contribution in [0.4, 0.5) is 0 Å². The van der Waals surface area contributed by atoms with Crippen LogP contribution in [0.2, 0.25) is 5.02 Å². The number of fused-ring (bicyclic) bond motifs is 1. The van der Waals surface area contributed by atoms with Gasteiger partial charge in [0, 0.05) is 17.1 Å². The molecule has 0 saturated carbocycles. The van der Waals surface area contributed by atoms with Crippen molar-refractivity contribution in [1.29, 1.82) is 0 Å². The van der Waals surface area contributed by atoms with E-state index in [0.29, 0.717) is 33.4 Å². The zero-order valence-corrected chi connectivity index (χ0v) is 14.4. The third kappa shape index (κ3) is 3.13. The Labute approximate surface area is 150 Å². The summed E-state index contributed by atoms with van der Waals surface area (Å²) >= 11 is 6.07. The fourth-order valence-corrected chi connectivity index (χ4v) is 3.67. The average Bonchev–Trinajstić information content (AvgIpc) is 3.05. The zero-order valence-electron chi connectivity index (χ0n) is 13.7. The number of piperidine rings is 1. The molecule has 1 saturated heterocycles. The minimum Gasteiger partial charge on any atom is -0.366 e. The van der Waals surface area contributed by atoms with Crippen molar-refractivity contribution in [2.75, 3.05) is 13.1 Å². The van der Waals surface area contributed by atoms with Gasteiger partial charge in [0.25, 0.3) is 5.91 Å². The predicted molar refractivity (Wildman–Crippen MR) is 99.9 cm³/mol. The van der Waals surface area contributed by atoms with Crippen molar-refractivity contribution in [1.82, 2.24) is 15.3 Å². The number of H-pyrrole nitrogens is 1. The predicted octanol–water partition coefficient (Wildman–Crippen LogP) is 3.45. The summed E-state index contributed by atoms with van der Waals surface area (Å²) in [6.45, 7) is 2.14. The standard InChI is InChI=1S/C19H19ClN4O/c20-14-8-15(18(21)25)17-16(9-14)23-19(24-17)12-5-3-11(4-6-12)13-2-1-7-22-10-13/h3-6,8-9,13,22H,1-2,7,10H2,(H2,21,25)(H,23,24). The van der Waals surface area contributed by atoms with Crippen molar-refractivity contribution in [2.45, 2.75) is 18.8 Å².